The van der Waals surface area contributed by atoms with Crippen molar-refractivity contribution in [2.45, 2.75) is 6.42 Å². The quantitative estimate of drug-likeness (QED) is 0.939. The summed E-state index contributed by atoms with van der Waals surface area (Å²) in [5, 5.41) is 2.55. The maximum atomic E-state index is 13.6. The maximum Gasteiger partial charge on any atom is 0.229 e. The molecule has 1 fully saturated rings. The smallest absolute Gasteiger partial charge is 0.229 e. The van der Waals surface area contributed by atoms with Crippen molar-refractivity contribution in [2.75, 3.05) is 23.9 Å². The Bertz CT molecular complexity index is 761. The van der Waals surface area contributed by atoms with Gasteiger partial charge in [0.25, 0.3) is 0 Å². The molecule has 24 heavy (non-hydrogen) atoms. The average Bonchev–Trinajstić information content (AvgIpc) is 2.99. The molecule has 2 amide bonds. The lowest BCUT2D eigenvalue weighted by Gasteiger charge is -2.17. The molecule has 2 aromatic carbocycles. The van der Waals surface area contributed by atoms with Crippen LogP contribution in [0.25, 0.3) is 0 Å². The van der Waals surface area contributed by atoms with Crippen molar-refractivity contribution in [3.63, 3.8) is 0 Å². The van der Waals surface area contributed by atoms with Gasteiger partial charge >= 0.3 is 0 Å². The zero-order chi connectivity index (χ0) is 17.1. The van der Waals surface area contributed by atoms with Crippen molar-refractivity contribution in [2.24, 2.45) is 5.92 Å². The number of amides is 2. The Labute approximate surface area is 139 Å². The lowest BCUT2D eigenvalue weighted by atomic mass is 10.1. The predicted molar refractivity (Wildman–Crippen MR) is 88.5 cm³/mol. The molecule has 0 aromatic heterocycles. The van der Waals surface area contributed by atoms with E-state index in [0.717, 1.165) is 0 Å². The fourth-order valence-corrected chi connectivity index (χ4v) is 2.69. The number of carbonyl (C=O) groups is 2. The number of benzene rings is 2. The monoisotopic (exact) mass is 328 g/mol. The van der Waals surface area contributed by atoms with Gasteiger partial charge in [0.05, 0.1) is 18.7 Å². The Morgan fingerprint density at radius 3 is 2.58 bits per heavy atom. The number of nitrogens with zero attached hydrogens (tertiary/aromatic N) is 1. The van der Waals surface area contributed by atoms with Gasteiger partial charge in [-0.2, -0.15) is 0 Å². The van der Waals surface area contributed by atoms with Crippen LogP contribution in [0.5, 0.6) is 5.75 Å². The summed E-state index contributed by atoms with van der Waals surface area (Å²) in [4.78, 5) is 26.1. The van der Waals surface area contributed by atoms with Crippen LogP contribution in [0.15, 0.2) is 48.5 Å². The minimum Gasteiger partial charge on any atom is -0.497 e. The first kappa shape index (κ1) is 16.0. The van der Waals surface area contributed by atoms with Crippen molar-refractivity contribution in [1.82, 2.24) is 0 Å². The van der Waals surface area contributed by atoms with Gasteiger partial charge in [-0.05, 0) is 36.4 Å². The van der Waals surface area contributed by atoms with E-state index in [2.05, 4.69) is 5.32 Å². The van der Waals surface area contributed by atoms with E-state index < -0.39 is 11.7 Å². The van der Waals surface area contributed by atoms with Gasteiger partial charge in [0, 0.05) is 18.7 Å². The standard InChI is InChI=1S/C18H17FN2O3/c1-24-14-8-6-13(7-9-14)21-11-12(10-17(21)22)18(23)20-16-5-3-2-4-15(16)19/h2-9,12H,10-11H2,1H3,(H,20,23). The fourth-order valence-electron chi connectivity index (χ4n) is 2.69. The van der Waals surface area contributed by atoms with Gasteiger partial charge in [0.15, 0.2) is 0 Å². The molecular formula is C18H17FN2O3. The molecule has 1 aliphatic heterocycles. The SMILES string of the molecule is COc1ccc(N2CC(C(=O)Nc3ccccc3F)CC2=O)cc1. The van der Waals surface area contributed by atoms with E-state index >= 15 is 0 Å². The second-order valence-corrected chi connectivity index (χ2v) is 5.57. The maximum absolute atomic E-state index is 13.6. The fraction of sp³-hybridized carbons (Fsp3) is 0.222. The second-order valence-electron chi connectivity index (χ2n) is 5.57. The number of halogens is 1. The Kier molecular flexibility index (Phi) is 4.46. The largest absolute Gasteiger partial charge is 0.497 e. The third-order valence-corrected chi connectivity index (χ3v) is 4.01. The molecule has 1 aliphatic rings. The van der Waals surface area contributed by atoms with Crippen molar-refractivity contribution in [1.29, 1.82) is 0 Å². The minimum absolute atomic E-state index is 0.103. The number of hydrogen-bond donors (Lipinski definition) is 1. The second kappa shape index (κ2) is 6.70. The molecule has 0 radical (unpaired) electrons. The summed E-state index contributed by atoms with van der Waals surface area (Å²) in [6.45, 7) is 0.269. The summed E-state index contributed by atoms with van der Waals surface area (Å²) in [5.74, 6) is -0.807. The Morgan fingerprint density at radius 1 is 1.21 bits per heavy atom. The number of rotatable bonds is 4. The molecule has 6 heteroatoms. The molecule has 124 valence electrons. The molecule has 2 aromatic rings. The van der Waals surface area contributed by atoms with E-state index in [4.69, 9.17) is 4.74 Å². The van der Waals surface area contributed by atoms with Gasteiger partial charge in [0.2, 0.25) is 11.8 Å². The molecule has 0 saturated carbocycles. The van der Waals surface area contributed by atoms with Crippen molar-refractivity contribution >= 4 is 23.2 Å². The molecule has 0 bridgehead atoms. The number of methoxy groups -OCH3 is 1. The highest BCUT2D eigenvalue weighted by atomic mass is 19.1. The van der Waals surface area contributed by atoms with Gasteiger partial charge in [-0.15, -0.1) is 0 Å². The van der Waals surface area contributed by atoms with Gasteiger partial charge in [-0.25, -0.2) is 4.39 Å². The van der Waals surface area contributed by atoms with E-state index in [-0.39, 0.29) is 30.5 Å². The van der Waals surface area contributed by atoms with E-state index in [1.54, 1.807) is 48.4 Å². The van der Waals surface area contributed by atoms with Crippen molar-refractivity contribution < 1.29 is 18.7 Å². The summed E-state index contributed by atoms with van der Waals surface area (Å²) < 4.78 is 18.7. The number of para-hydroxylation sites is 1. The molecule has 1 saturated heterocycles. The molecule has 0 spiro atoms. The Hall–Kier alpha value is -2.89. The van der Waals surface area contributed by atoms with E-state index in [1.807, 2.05) is 0 Å². The van der Waals surface area contributed by atoms with Crippen LogP contribution < -0.4 is 15.0 Å². The summed E-state index contributed by atoms with van der Waals surface area (Å²) >= 11 is 0. The highest BCUT2D eigenvalue weighted by molar-refractivity contribution is 6.03. The van der Waals surface area contributed by atoms with Crippen LogP contribution in [0.4, 0.5) is 15.8 Å². The molecule has 0 aliphatic carbocycles. The van der Waals surface area contributed by atoms with E-state index in [0.29, 0.717) is 11.4 Å². The summed E-state index contributed by atoms with van der Waals surface area (Å²) in [7, 11) is 1.57. The Morgan fingerprint density at radius 2 is 1.92 bits per heavy atom. The first-order valence-electron chi connectivity index (χ1n) is 7.58. The van der Waals surface area contributed by atoms with Crippen molar-refractivity contribution in [3.8, 4) is 5.75 Å². The lowest BCUT2D eigenvalue weighted by molar-refractivity contribution is -0.122. The number of nitrogens with one attached hydrogen (secondary N) is 1. The van der Waals surface area contributed by atoms with Crippen LogP contribution in [0.1, 0.15) is 6.42 Å². The van der Waals surface area contributed by atoms with Crippen LogP contribution in [-0.4, -0.2) is 25.5 Å². The average molecular weight is 328 g/mol. The summed E-state index contributed by atoms with van der Waals surface area (Å²) in [6.07, 6.45) is 0.103. The molecule has 1 atom stereocenters. The first-order chi connectivity index (χ1) is 11.6. The molecular weight excluding hydrogens is 311 g/mol. The van der Waals surface area contributed by atoms with Crippen molar-refractivity contribution in [3.05, 3.63) is 54.3 Å². The summed E-state index contributed by atoms with van der Waals surface area (Å²) in [5.41, 5.74) is 0.833. The zero-order valence-corrected chi connectivity index (χ0v) is 13.2. The third-order valence-electron chi connectivity index (χ3n) is 4.01. The first-order valence-corrected chi connectivity index (χ1v) is 7.58. The molecule has 1 unspecified atom stereocenters. The third kappa shape index (κ3) is 3.22. The number of carbonyl (C=O) groups excluding carboxylic acids is 2. The molecule has 3 rings (SSSR count). The van der Waals surface area contributed by atoms with Gasteiger partial charge in [-0.1, -0.05) is 12.1 Å². The van der Waals surface area contributed by atoms with Crippen LogP contribution in [0.2, 0.25) is 0 Å². The van der Waals surface area contributed by atoms with Gasteiger partial charge in [-0.3, -0.25) is 9.59 Å². The molecule has 1 N–H and O–H groups in total. The van der Waals surface area contributed by atoms with E-state index in [9.17, 15) is 14.0 Å². The van der Waals surface area contributed by atoms with Crippen LogP contribution in [-0.2, 0) is 9.59 Å². The summed E-state index contributed by atoms with van der Waals surface area (Å²) in [6, 6.07) is 13.0. The predicted octanol–water partition coefficient (Wildman–Crippen LogP) is 2.83. The Balaban J connectivity index is 1.69. The lowest BCUT2D eigenvalue weighted by Crippen LogP contribution is -2.28. The normalized spacial score (nSPS) is 17.0. The topological polar surface area (TPSA) is 58.6 Å². The molecule has 1 heterocycles. The van der Waals surface area contributed by atoms with Crippen LogP contribution >= 0.6 is 0 Å². The van der Waals surface area contributed by atoms with Gasteiger partial charge < -0.3 is 15.0 Å². The zero-order valence-electron chi connectivity index (χ0n) is 13.2. The number of anilines is 2. The molecule has 5 nitrogen and oxygen atoms in total. The van der Waals surface area contributed by atoms with Crippen LogP contribution in [0.3, 0.4) is 0 Å². The number of hydrogen-bond acceptors (Lipinski definition) is 3. The van der Waals surface area contributed by atoms with E-state index in [1.165, 1.54) is 12.1 Å². The van der Waals surface area contributed by atoms with Gasteiger partial charge in [0.1, 0.15) is 11.6 Å². The highest BCUT2D eigenvalue weighted by Gasteiger charge is 2.35. The van der Waals surface area contributed by atoms with Crippen LogP contribution in [0, 0.1) is 11.7 Å². The highest BCUT2D eigenvalue weighted by Crippen LogP contribution is 2.27. The number of ether oxygens (including phenoxy) is 1. The minimum atomic E-state index is -0.515.